The predicted molar refractivity (Wildman–Crippen MR) is 94.8 cm³/mol. The lowest BCUT2D eigenvalue weighted by Gasteiger charge is -2.09. The van der Waals surface area contributed by atoms with Crippen molar-refractivity contribution in [1.82, 2.24) is 20.1 Å². The van der Waals surface area contributed by atoms with Crippen LogP contribution in [0.5, 0.6) is 0 Å². The van der Waals surface area contributed by atoms with Crippen molar-refractivity contribution in [3.05, 3.63) is 39.9 Å². The Kier molecular flexibility index (Phi) is 5.58. The van der Waals surface area contributed by atoms with Crippen molar-refractivity contribution >= 4 is 34.9 Å². The van der Waals surface area contributed by atoms with Crippen LogP contribution < -0.4 is 10.6 Å². The number of hydrogen-bond acceptors (Lipinski definition) is 3. The maximum Gasteiger partial charge on any atom is 0.319 e. The molecule has 2 heterocycles. The maximum atomic E-state index is 11.9. The number of nitrogens with zero attached hydrogens (tertiary/aromatic N) is 3. The van der Waals surface area contributed by atoms with Crippen molar-refractivity contribution in [3.8, 4) is 0 Å². The minimum absolute atomic E-state index is 0.288. The first-order valence-electron chi connectivity index (χ1n) is 8.04. The topological polar surface area (TPSA) is 71.8 Å². The van der Waals surface area contributed by atoms with Gasteiger partial charge in [0.15, 0.2) is 0 Å². The van der Waals surface area contributed by atoms with E-state index in [2.05, 4.69) is 25.4 Å². The zero-order valence-corrected chi connectivity index (χ0v) is 14.7. The first kappa shape index (κ1) is 17.0. The summed E-state index contributed by atoms with van der Waals surface area (Å²) in [5.74, 6) is 1.99. The maximum absolute atomic E-state index is 11.9. The Morgan fingerprint density at radius 1 is 1.17 bits per heavy atom. The van der Waals surface area contributed by atoms with Crippen LogP contribution in [0.3, 0.4) is 0 Å². The number of rotatable bonds is 4. The summed E-state index contributed by atoms with van der Waals surface area (Å²) < 4.78 is 2.19. The van der Waals surface area contributed by atoms with Crippen molar-refractivity contribution in [2.75, 3.05) is 11.9 Å². The third-order valence-electron chi connectivity index (χ3n) is 4.00. The summed E-state index contributed by atoms with van der Waals surface area (Å²) in [6, 6.07) is 4.67. The van der Waals surface area contributed by atoms with E-state index in [0.717, 1.165) is 31.0 Å². The molecule has 0 saturated heterocycles. The van der Waals surface area contributed by atoms with Gasteiger partial charge in [-0.2, -0.15) is 0 Å². The molecule has 0 radical (unpaired) electrons. The van der Waals surface area contributed by atoms with E-state index in [0.29, 0.717) is 28.7 Å². The normalized spacial score (nSPS) is 13.9. The van der Waals surface area contributed by atoms with Gasteiger partial charge < -0.3 is 15.2 Å². The summed E-state index contributed by atoms with van der Waals surface area (Å²) in [5, 5.41) is 14.9. The summed E-state index contributed by atoms with van der Waals surface area (Å²) in [6.45, 7) is 1.46. The molecule has 2 aromatic rings. The smallest absolute Gasteiger partial charge is 0.319 e. The standard InChI is InChI=1S/C16H19Cl2N5O/c17-12-6-5-11(10-13(12)18)20-16(24)19-8-7-15-22-21-14-4-2-1-3-9-23(14)15/h5-6,10H,1-4,7-9H2,(H2,19,20,24). The molecule has 0 fully saturated rings. The van der Waals surface area contributed by atoms with E-state index in [4.69, 9.17) is 23.2 Å². The third kappa shape index (κ3) is 4.19. The van der Waals surface area contributed by atoms with Crippen LogP contribution in [0.4, 0.5) is 10.5 Å². The molecule has 1 aliphatic rings. The molecular weight excluding hydrogens is 349 g/mol. The summed E-state index contributed by atoms with van der Waals surface area (Å²) in [7, 11) is 0. The number of benzene rings is 1. The number of amides is 2. The Labute approximate surface area is 150 Å². The van der Waals surface area contributed by atoms with Crippen molar-refractivity contribution in [2.24, 2.45) is 0 Å². The Balaban J connectivity index is 1.50. The van der Waals surface area contributed by atoms with Gasteiger partial charge >= 0.3 is 6.03 Å². The number of anilines is 1. The summed E-state index contributed by atoms with van der Waals surface area (Å²) in [5.41, 5.74) is 0.596. The molecule has 0 atom stereocenters. The SMILES string of the molecule is O=C(NCCc1nnc2n1CCCCC2)Nc1ccc(Cl)c(Cl)c1. The highest BCUT2D eigenvalue weighted by Crippen LogP contribution is 2.24. The third-order valence-corrected chi connectivity index (χ3v) is 4.74. The van der Waals surface area contributed by atoms with Gasteiger partial charge in [0.05, 0.1) is 10.0 Å². The van der Waals surface area contributed by atoms with Gasteiger partial charge in [-0.15, -0.1) is 10.2 Å². The lowest BCUT2D eigenvalue weighted by molar-refractivity contribution is 0.252. The first-order chi connectivity index (χ1) is 11.6. The Bertz CT molecular complexity index is 731. The molecule has 3 rings (SSSR count). The molecule has 6 nitrogen and oxygen atoms in total. The lowest BCUT2D eigenvalue weighted by atomic mass is 10.2. The highest BCUT2D eigenvalue weighted by Gasteiger charge is 2.14. The van der Waals surface area contributed by atoms with E-state index in [-0.39, 0.29) is 6.03 Å². The Morgan fingerprint density at radius 3 is 2.88 bits per heavy atom. The molecule has 8 heteroatoms. The molecule has 2 amide bonds. The monoisotopic (exact) mass is 367 g/mol. The van der Waals surface area contributed by atoms with Crippen molar-refractivity contribution in [2.45, 2.75) is 38.6 Å². The molecule has 1 aromatic carbocycles. The minimum atomic E-state index is -0.288. The number of carbonyl (C=O) groups excluding carboxylic acids is 1. The minimum Gasteiger partial charge on any atom is -0.337 e. The van der Waals surface area contributed by atoms with Gasteiger partial charge in [-0.25, -0.2) is 4.79 Å². The van der Waals surface area contributed by atoms with Crippen LogP contribution in [0.2, 0.25) is 10.0 Å². The molecule has 1 aliphatic heterocycles. The molecule has 128 valence electrons. The van der Waals surface area contributed by atoms with E-state index in [1.54, 1.807) is 18.2 Å². The number of aryl methyl sites for hydroxylation is 1. The number of fused-ring (bicyclic) bond motifs is 1. The van der Waals surface area contributed by atoms with Gasteiger partial charge in [-0.1, -0.05) is 29.6 Å². The number of carbonyl (C=O) groups is 1. The largest absolute Gasteiger partial charge is 0.337 e. The van der Waals surface area contributed by atoms with Crippen LogP contribution in [0.25, 0.3) is 0 Å². The molecule has 1 aromatic heterocycles. The molecule has 24 heavy (non-hydrogen) atoms. The first-order valence-corrected chi connectivity index (χ1v) is 8.80. The van der Waals surface area contributed by atoms with Gasteiger partial charge in [-0.3, -0.25) is 0 Å². The van der Waals surface area contributed by atoms with E-state index in [1.165, 1.54) is 12.8 Å². The highest BCUT2D eigenvalue weighted by molar-refractivity contribution is 6.42. The van der Waals surface area contributed by atoms with Gasteiger partial charge in [-0.05, 0) is 31.0 Å². The van der Waals surface area contributed by atoms with Crippen LogP contribution in [0.15, 0.2) is 18.2 Å². The van der Waals surface area contributed by atoms with Gasteiger partial charge in [0.1, 0.15) is 11.6 Å². The molecular formula is C16H19Cl2N5O. The van der Waals surface area contributed by atoms with Crippen LogP contribution >= 0.6 is 23.2 Å². The number of nitrogens with one attached hydrogen (secondary N) is 2. The van der Waals surface area contributed by atoms with Crippen molar-refractivity contribution < 1.29 is 4.79 Å². The van der Waals surface area contributed by atoms with Gasteiger partial charge in [0, 0.05) is 31.6 Å². The van der Waals surface area contributed by atoms with Crippen molar-refractivity contribution in [1.29, 1.82) is 0 Å². The van der Waals surface area contributed by atoms with Gasteiger partial charge in [0.25, 0.3) is 0 Å². The number of urea groups is 1. The quantitative estimate of drug-likeness (QED) is 0.865. The fourth-order valence-electron chi connectivity index (χ4n) is 2.77. The Hall–Kier alpha value is -1.79. The van der Waals surface area contributed by atoms with Crippen LogP contribution in [-0.4, -0.2) is 27.3 Å². The zero-order chi connectivity index (χ0) is 16.9. The fraction of sp³-hybridized carbons (Fsp3) is 0.438. The molecule has 0 bridgehead atoms. The summed E-state index contributed by atoms with van der Waals surface area (Å²) >= 11 is 11.8. The summed E-state index contributed by atoms with van der Waals surface area (Å²) in [4.78, 5) is 11.9. The van der Waals surface area contributed by atoms with E-state index < -0.39 is 0 Å². The second kappa shape index (κ2) is 7.85. The second-order valence-electron chi connectivity index (χ2n) is 5.75. The number of aromatic nitrogens is 3. The molecule has 0 aliphatic carbocycles. The number of hydrogen-bond donors (Lipinski definition) is 2. The van der Waals surface area contributed by atoms with Crippen LogP contribution in [-0.2, 0) is 19.4 Å². The molecule has 2 N–H and O–H groups in total. The van der Waals surface area contributed by atoms with Crippen molar-refractivity contribution in [3.63, 3.8) is 0 Å². The molecule has 0 spiro atoms. The lowest BCUT2D eigenvalue weighted by Crippen LogP contribution is -2.31. The average Bonchev–Trinajstić information content (AvgIpc) is 2.79. The average molecular weight is 368 g/mol. The summed E-state index contributed by atoms with van der Waals surface area (Å²) in [6.07, 6.45) is 5.19. The Morgan fingerprint density at radius 2 is 2.04 bits per heavy atom. The van der Waals surface area contributed by atoms with E-state index in [9.17, 15) is 4.79 Å². The van der Waals surface area contributed by atoms with Crippen LogP contribution in [0, 0.1) is 0 Å². The molecule has 0 saturated carbocycles. The highest BCUT2D eigenvalue weighted by atomic mass is 35.5. The zero-order valence-electron chi connectivity index (χ0n) is 13.2. The van der Waals surface area contributed by atoms with E-state index >= 15 is 0 Å². The number of halogens is 2. The second-order valence-corrected chi connectivity index (χ2v) is 6.57. The van der Waals surface area contributed by atoms with Gasteiger partial charge in [0.2, 0.25) is 0 Å². The predicted octanol–water partition coefficient (Wildman–Crippen LogP) is 3.68. The fourth-order valence-corrected chi connectivity index (χ4v) is 3.07. The van der Waals surface area contributed by atoms with Crippen LogP contribution in [0.1, 0.15) is 30.9 Å². The molecule has 0 unspecified atom stereocenters. The van der Waals surface area contributed by atoms with E-state index in [1.807, 2.05) is 0 Å².